The molecule has 2 aliphatic heterocycles. The van der Waals surface area contributed by atoms with Crippen molar-refractivity contribution in [1.29, 1.82) is 0 Å². The van der Waals surface area contributed by atoms with Crippen LogP contribution in [0.25, 0.3) is 0 Å². The van der Waals surface area contributed by atoms with Gasteiger partial charge in [0.1, 0.15) is 0 Å². The molecular formula is C18H24BrN3O2. The predicted octanol–water partition coefficient (Wildman–Crippen LogP) is 2.72. The van der Waals surface area contributed by atoms with Gasteiger partial charge in [-0.15, -0.1) is 0 Å². The Kier molecular flexibility index (Phi) is 4.17. The number of anilines is 1. The van der Waals surface area contributed by atoms with Crippen molar-refractivity contribution >= 4 is 27.5 Å². The van der Waals surface area contributed by atoms with Gasteiger partial charge in [-0.3, -0.25) is 14.7 Å². The lowest BCUT2D eigenvalue weighted by molar-refractivity contribution is -0.123. The molecule has 0 bridgehead atoms. The minimum Gasteiger partial charge on any atom is -0.380 e. The van der Waals surface area contributed by atoms with Crippen LogP contribution in [0.2, 0.25) is 0 Å². The van der Waals surface area contributed by atoms with Crippen LogP contribution in [-0.4, -0.2) is 54.2 Å². The van der Waals surface area contributed by atoms with Gasteiger partial charge < -0.3 is 9.64 Å². The number of amides is 1. The molecule has 1 aliphatic carbocycles. The zero-order valence-corrected chi connectivity index (χ0v) is 15.9. The highest BCUT2D eigenvalue weighted by Crippen LogP contribution is 2.45. The van der Waals surface area contributed by atoms with E-state index in [4.69, 9.17) is 4.74 Å². The van der Waals surface area contributed by atoms with E-state index in [1.165, 1.54) is 0 Å². The third kappa shape index (κ3) is 2.59. The fraction of sp³-hybridized carbons (Fsp3) is 0.667. The lowest BCUT2D eigenvalue weighted by atomic mass is 9.83. The molecule has 2 fully saturated rings. The molecule has 0 atom stereocenters. The first-order valence-electron chi connectivity index (χ1n) is 8.80. The number of ether oxygens (including phenoxy) is 1. The van der Waals surface area contributed by atoms with Crippen LogP contribution >= 0.6 is 15.9 Å². The third-order valence-electron chi connectivity index (χ3n) is 5.67. The molecule has 1 aromatic rings. The minimum absolute atomic E-state index is 0.186. The highest BCUT2D eigenvalue weighted by molar-refractivity contribution is 9.10. The maximum atomic E-state index is 13.0. The van der Waals surface area contributed by atoms with E-state index in [1.807, 2.05) is 24.8 Å². The van der Waals surface area contributed by atoms with Crippen molar-refractivity contribution in [2.24, 2.45) is 0 Å². The Hall–Kier alpha value is -0.980. The zero-order chi connectivity index (χ0) is 16.9. The van der Waals surface area contributed by atoms with Gasteiger partial charge in [0.05, 0.1) is 23.4 Å². The smallest absolute Gasteiger partial charge is 0.239 e. The molecule has 5 nitrogen and oxygen atoms in total. The Labute approximate surface area is 151 Å². The summed E-state index contributed by atoms with van der Waals surface area (Å²) in [5.74, 6) is 0.186. The number of halogens is 1. The van der Waals surface area contributed by atoms with Crippen molar-refractivity contribution in [2.45, 2.75) is 50.6 Å². The van der Waals surface area contributed by atoms with E-state index in [9.17, 15) is 4.79 Å². The Bertz CT molecular complexity index is 650. The molecule has 1 saturated heterocycles. The molecule has 24 heavy (non-hydrogen) atoms. The third-order valence-corrected chi connectivity index (χ3v) is 6.10. The average molecular weight is 394 g/mol. The lowest BCUT2D eigenvalue weighted by Crippen LogP contribution is -2.56. The first kappa shape index (κ1) is 16.5. The monoisotopic (exact) mass is 393 g/mol. The standard InChI is InChI=1S/C18H24BrN3O2/c1-18(2)16-15(8-12(19)11-20-16)22(17(18)23)14-9-13(10-14)21-4-3-6-24-7-5-21/h8,11,13-14H,3-7,9-10H2,1-2H3. The number of pyridine rings is 1. The molecule has 3 aliphatic rings. The van der Waals surface area contributed by atoms with Crippen molar-refractivity contribution in [3.8, 4) is 0 Å². The number of hydrogen-bond acceptors (Lipinski definition) is 4. The van der Waals surface area contributed by atoms with Crippen LogP contribution in [-0.2, 0) is 14.9 Å². The molecule has 4 rings (SSSR count). The first-order valence-corrected chi connectivity index (χ1v) is 9.59. The van der Waals surface area contributed by atoms with Crippen molar-refractivity contribution in [3.63, 3.8) is 0 Å². The summed E-state index contributed by atoms with van der Waals surface area (Å²) >= 11 is 3.50. The van der Waals surface area contributed by atoms with Crippen molar-refractivity contribution in [3.05, 3.63) is 22.4 Å². The first-order chi connectivity index (χ1) is 11.5. The fourth-order valence-corrected chi connectivity index (χ4v) is 4.49. The molecule has 0 unspecified atom stereocenters. The molecule has 0 radical (unpaired) electrons. The van der Waals surface area contributed by atoms with Gasteiger partial charge in [-0.2, -0.15) is 0 Å². The van der Waals surface area contributed by atoms with Gasteiger partial charge >= 0.3 is 0 Å². The second-order valence-corrected chi connectivity index (χ2v) is 8.52. The molecular weight excluding hydrogens is 370 g/mol. The Morgan fingerprint density at radius 3 is 2.83 bits per heavy atom. The van der Waals surface area contributed by atoms with Gasteiger partial charge in [0.15, 0.2) is 0 Å². The number of aromatic nitrogens is 1. The summed E-state index contributed by atoms with van der Waals surface area (Å²) in [6.07, 6.45) is 5.00. The molecule has 6 heteroatoms. The predicted molar refractivity (Wildman–Crippen MR) is 96.3 cm³/mol. The maximum Gasteiger partial charge on any atom is 0.239 e. The van der Waals surface area contributed by atoms with Crippen LogP contribution in [0.4, 0.5) is 5.69 Å². The average Bonchev–Trinajstić information content (AvgIpc) is 2.70. The van der Waals surface area contributed by atoms with Crippen LogP contribution in [0.1, 0.15) is 38.8 Å². The van der Waals surface area contributed by atoms with Crippen LogP contribution in [0.5, 0.6) is 0 Å². The van der Waals surface area contributed by atoms with Crippen LogP contribution in [0.3, 0.4) is 0 Å². The van der Waals surface area contributed by atoms with E-state index in [0.29, 0.717) is 12.1 Å². The minimum atomic E-state index is -0.530. The zero-order valence-electron chi connectivity index (χ0n) is 14.3. The van der Waals surface area contributed by atoms with E-state index in [0.717, 1.165) is 61.4 Å². The second kappa shape index (κ2) is 6.07. The van der Waals surface area contributed by atoms with Crippen LogP contribution < -0.4 is 4.90 Å². The summed E-state index contributed by atoms with van der Waals surface area (Å²) in [5, 5.41) is 0. The normalized spacial score (nSPS) is 30.0. The van der Waals surface area contributed by atoms with Crippen LogP contribution in [0, 0.1) is 0 Å². The van der Waals surface area contributed by atoms with E-state index in [1.54, 1.807) is 6.20 Å². The molecule has 3 heterocycles. The van der Waals surface area contributed by atoms with Gasteiger partial charge in [-0.05, 0) is 55.1 Å². The largest absolute Gasteiger partial charge is 0.380 e. The number of carbonyl (C=O) groups excluding carboxylic acids is 1. The van der Waals surface area contributed by atoms with E-state index < -0.39 is 5.41 Å². The summed E-state index contributed by atoms with van der Waals surface area (Å²) in [7, 11) is 0. The topological polar surface area (TPSA) is 45.7 Å². The van der Waals surface area contributed by atoms with E-state index in [2.05, 4.69) is 25.8 Å². The lowest BCUT2D eigenvalue weighted by Gasteiger charge is -2.46. The molecule has 1 saturated carbocycles. The molecule has 0 aromatic carbocycles. The molecule has 1 aromatic heterocycles. The number of nitrogens with zero attached hydrogens (tertiary/aromatic N) is 3. The number of rotatable bonds is 2. The maximum absolute atomic E-state index is 13.0. The summed E-state index contributed by atoms with van der Waals surface area (Å²) in [6, 6.07) is 2.92. The molecule has 130 valence electrons. The second-order valence-electron chi connectivity index (χ2n) is 7.60. The van der Waals surface area contributed by atoms with Crippen LogP contribution in [0.15, 0.2) is 16.7 Å². The molecule has 0 N–H and O–H groups in total. The SMILES string of the molecule is CC1(C)C(=O)N(C2CC(N3CCCOCC3)C2)c2cc(Br)cnc21. The van der Waals surface area contributed by atoms with Gasteiger partial charge in [0.25, 0.3) is 0 Å². The highest BCUT2D eigenvalue weighted by Gasteiger charge is 2.51. The molecule has 1 amide bonds. The summed E-state index contributed by atoms with van der Waals surface area (Å²) < 4.78 is 6.48. The van der Waals surface area contributed by atoms with E-state index in [-0.39, 0.29) is 5.91 Å². The number of hydrogen-bond donors (Lipinski definition) is 0. The summed E-state index contributed by atoms with van der Waals surface area (Å²) in [4.78, 5) is 22.1. The molecule has 0 spiro atoms. The Morgan fingerprint density at radius 2 is 2.04 bits per heavy atom. The number of fused-ring (bicyclic) bond motifs is 1. The Balaban J connectivity index is 1.52. The van der Waals surface area contributed by atoms with Crippen molar-refractivity contribution in [2.75, 3.05) is 31.2 Å². The quantitative estimate of drug-likeness (QED) is 0.774. The van der Waals surface area contributed by atoms with Gasteiger partial charge in [-0.1, -0.05) is 0 Å². The van der Waals surface area contributed by atoms with Crippen molar-refractivity contribution in [1.82, 2.24) is 9.88 Å². The summed E-state index contributed by atoms with van der Waals surface area (Å²) in [6.45, 7) is 7.80. The highest BCUT2D eigenvalue weighted by atomic mass is 79.9. The van der Waals surface area contributed by atoms with Gasteiger partial charge in [0, 0.05) is 42.4 Å². The van der Waals surface area contributed by atoms with Gasteiger partial charge in [-0.25, -0.2) is 0 Å². The Morgan fingerprint density at radius 1 is 1.25 bits per heavy atom. The van der Waals surface area contributed by atoms with Crippen molar-refractivity contribution < 1.29 is 9.53 Å². The summed E-state index contributed by atoms with van der Waals surface area (Å²) in [5.41, 5.74) is 1.36. The van der Waals surface area contributed by atoms with Gasteiger partial charge in [0.2, 0.25) is 5.91 Å². The van der Waals surface area contributed by atoms with E-state index >= 15 is 0 Å². The fourth-order valence-electron chi connectivity index (χ4n) is 4.17. The number of carbonyl (C=O) groups is 1.